The van der Waals surface area contributed by atoms with Gasteiger partial charge in [0.05, 0.1) is 0 Å². The molecule has 0 spiro atoms. The highest BCUT2D eigenvalue weighted by Gasteiger charge is 2.37. The lowest BCUT2D eigenvalue weighted by molar-refractivity contribution is 0.149. The highest BCUT2D eigenvalue weighted by Crippen LogP contribution is 2.47. The van der Waals surface area contributed by atoms with Gasteiger partial charge in [-0.25, -0.2) is 0 Å². The molecule has 1 fully saturated rings. The molecule has 3 rings (SSSR count). The van der Waals surface area contributed by atoms with Crippen LogP contribution in [0.4, 0.5) is 0 Å². The Bertz CT molecular complexity index is 626. The molecule has 2 aromatic rings. The summed E-state index contributed by atoms with van der Waals surface area (Å²) in [5.41, 5.74) is 2.72. The standard InChI is InChI=1S/C19H27NO/c1-13-6-5-7-14-10-17(21-18(13)14)16-11-19(2,3)9-8-15(16)12-20-4/h5-7,10,15-16,20H,8-9,11-12H2,1-4H3. The number of fused-ring (bicyclic) bond motifs is 1. The number of para-hydroxylation sites is 1. The molecular weight excluding hydrogens is 258 g/mol. The lowest BCUT2D eigenvalue weighted by Crippen LogP contribution is -2.33. The normalized spacial score (nSPS) is 25.3. The molecule has 1 N–H and O–H groups in total. The van der Waals surface area contributed by atoms with Gasteiger partial charge in [-0.05, 0) is 62.7 Å². The summed E-state index contributed by atoms with van der Waals surface area (Å²) in [6.45, 7) is 8.00. The molecule has 1 aromatic carbocycles. The molecule has 2 unspecified atom stereocenters. The zero-order chi connectivity index (χ0) is 15.0. The number of furan rings is 1. The largest absolute Gasteiger partial charge is 0.460 e. The van der Waals surface area contributed by atoms with Crippen LogP contribution >= 0.6 is 0 Å². The highest BCUT2D eigenvalue weighted by molar-refractivity contribution is 5.81. The van der Waals surface area contributed by atoms with Gasteiger partial charge >= 0.3 is 0 Å². The molecule has 1 aromatic heterocycles. The topological polar surface area (TPSA) is 25.2 Å². The van der Waals surface area contributed by atoms with E-state index in [1.165, 1.54) is 36.0 Å². The van der Waals surface area contributed by atoms with E-state index in [1.807, 2.05) is 0 Å². The Morgan fingerprint density at radius 1 is 1.33 bits per heavy atom. The second-order valence-electron chi connectivity index (χ2n) is 7.47. The number of aryl methyl sites for hydroxylation is 1. The first kappa shape index (κ1) is 14.6. The molecule has 1 saturated carbocycles. The molecule has 0 amide bonds. The SMILES string of the molecule is CNCC1CCC(C)(C)CC1c1cc2cccc(C)c2o1. The van der Waals surface area contributed by atoms with E-state index in [1.54, 1.807) is 0 Å². The number of hydrogen-bond acceptors (Lipinski definition) is 2. The summed E-state index contributed by atoms with van der Waals surface area (Å²) < 4.78 is 6.28. The van der Waals surface area contributed by atoms with E-state index in [9.17, 15) is 0 Å². The molecule has 2 heteroatoms. The Kier molecular flexibility index (Phi) is 3.83. The van der Waals surface area contributed by atoms with Crippen LogP contribution in [-0.4, -0.2) is 13.6 Å². The molecule has 21 heavy (non-hydrogen) atoms. The van der Waals surface area contributed by atoms with Gasteiger partial charge in [0.1, 0.15) is 11.3 Å². The van der Waals surface area contributed by atoms with E-state index >= 15 is 0 Å². The number of benzene rings is 1. The fraction of sp³-hybridized carbons (Fsp3) is 0.579. The first-order valence-corrected chi connectivity index (χ1v) is 8.14. The van der Waals surface area contributed by atoms with Crippen molar-refractivity contribution in [2.24, 2.45) is 11.3 Å². The first-order valence-electron chi connectivity index (χ1n) is 8.14. The van der Waals surface area contributed by atoms with Crippen molar-refractivity contribution in [1.29, 1.82) is 0 Å². The molecule has 1 aliphatic rings. The average Bonchev–Trinajstić information content (AvgIpc) is 2.86. The molecule has 0 aliphatic heterocycles. The molecule has 0 saturated heterocycles. The summed E-state index contributed by atoms with van der Waals surface area (Å²) in [4.78, 5) is 0. The van der Waals surface area contributed by atoms with E-state index in [2.05, 4.69) is 57.4 Å². The van der Waals surface area contributed by atoms with Crippen LogP contribution in [0.25, 0.3) is 11.0 Å². The maximum atomic E-state index is 6.28. The van der Waals surface area contributed by atoms with E-state index in [0.717, 1.165) is 12.1 Å². The van der Waals surface area contributed by atoms with Crippen LogP contribution in [0.2, 0.25) is 0 Å². The number of hydrogen-bond donors (Lipinski definition) is 1. The molecule has 1 heterocycles. The number of rotatable bonds is 3. The summed E-state index contributed by atoms with van der Waals surface area (Å²) in [7, 11) is 2.06. The van der Waals surface area contributed by atoms with Crippen molar-refractivity contribution in [2.75, 3.05) is 13.6 Å². The molecule has 114 valence electrons. The minimum atomic E-state index is 0.420. The highest BCUT2D eigenvalue weighted by atomic mass is 16.3. The van der Waals surface area contributed by atoms with Crippen molar-refractivity contribution in [3.63, 3.8) is 0 Å². The van der Waals surface area contributed by atoms with Gasteiger partial charge in [-0.15, -0.1) is 0 Å². The zero-order valence-electron chi connectivity index (χ0n) is 13.7. The van der Waals surface area contributed by atoms with Gasteiger partial charge in [-0.2, -0.15) is 0 Å². The van der Waals surface area contributed by atoms with Gasteiger partial charge in [-0.3, -0.25) is 0 Å². The van der Waals surface area contributed by atoms with Crippen LogP contribution in [0.15, 0.2) is 28.7 Å². The molecule has 1 aliphatic carbocycles. The van der Waals surface area contributed by atoms with Gasteiger partial charge in [0.25, 0.3) is 0 Å². The Labute approximate surface area is 127 Å². The van der Waals surface area contributed by atoms with Crippen molar-refractivity contribution in [3.05, 3.63) is 35.6 Å². The van der Waals surface area contributed by atoms with Crippen molar-refractivity contribution in [2.45, 2.75) is 46.0 Å². The lowest BCUT2D eigenvalue weighted by Gasteiger charge is -2.40. The Hall–Kier alpha value is -1.28. The third-order valence-electron chi connectivity index (χ3n) is 5.13. The Morgan fingerprint density at radius 2 is 2.14 bits per heavy atom. The van der Waals surface area contributed by atoms with Gasteiger partial charge in [0.2, 0.25) is 0 Å². The van der Waals surface area contributed by atoms with Crippen molar-refractivity contribution < 1.29 is 4.42 Å². The summed E-state index contributed by atoms with van der Waals surface area (Å²) >= 11 is 0. The Morgan fingerprint density at radius 3 is 2.86 bits per heavy atom. The first-order chi connectivity index (χ1) is 10.00. The molecule has 2 nitrogen and oxygen atoms in total. The third kappa shape index (κ3) is 2.87. The van der Waals surface area contributed by atoms with Crippen LogP contribution < -0.4 is 5.32 Å². The second kappa shape index (κ2) is 5.49. The van der Waals surface area contributed by atoms with Crippen molar-refractivity contribution in [3.8, 4) is 0 Å². The maximum absolute atomic E-state index is 6.28. The summed E-state index contributed by atoms with van der Waals surface area (Å²) in [5.74, 6) is 2.41. The minimum absolute atomic E-state index is 0.420. The average molecular weight is 285 g/mol. The van der Waals surface area contributed by atoms with Crippen molar-refractivity contribution in [1.82, 2.24) is 5.32 Å². The van der Waals surface area contributed by atoms with Gasteiger partial charge in [0, 0.05) is 11.3 Å². The van der Waals surface area contributed by atoms with Crippen LogP contribution in [-0.2, 0) is 0 Å². The Balaban J connectivity index is 1.98. The fourth-order valence-electron chi connectivity index (χ4n) is 3.89. The van der Waals surface area contributed by atoms with E-state index in [-0.39, 0.29) is 0 Å². The molecule has 2 atom stereocenters. The monoisotopic (exact) mass is 285 g/mol. The summed E-state index contributed by atoms with van der Waals surface area (Å²) in [5, 5.41) is 4.61. The van der Waals surface area contributed by atoms with Crippen LogP contribution in [0.3, 0.4) is 0 Å². The van der Waals surface area contributed by atoms with Gasteiger partial charge in [0.15, 0.2) is 0 Å². The minimum Gasteiger partial charge on any atom is -0.460 e. The van der Waals surface area contributed by atoms with Crippen LogP contribution in [0, 0.1) is 18.3 Å². The number of nitrogens with one attached hydrogen (secondary N) is 1. The van der Waals surface area contributed by atoms with E-state index in [0.29, 0.717) is 17.3 Å². The predicted molar refractivity (Wildman–Crippen MR) is 88.7 cm³/mol. The van der Waals surface area contributed by atoms with Crippen LogP contribution in [0.1, 0.15) is 50.4 Å². The quantitative estimate of drug-likeness (QED) is 0.870. The smallest absolute Gasteiger partial charge is 0.137 e. The van der Waals surface area contributed by atoms with E-state index < -0.39 is 0 Å². The fourth-order valence-corrected chi connectivity index (χ4v) is 3.89. The van der Waals surface area contributed by atoms with Crippen molar-refractivity contribution >= 4 is 11.0 Å². The maximum Gasteiger partial charge on any atom is 0.137 e. The van der Waals surface area contributed by atoms with Crippen LogP contribution in [0.5, 0.6) is 0 Å². The summed E-state index contributed by atoms with van der Waals surface area (Å²) in [6.07, 6.45) is 3.82. The molecule has 0 radical (unpaired) electrons. The van der Waals surface area contributed by atoms with Gasteiger partial charge in [-0.1, -0.05) is 32.0 Å². The lowest BCUT2D eigenvalue weighted by atomic mass is 9.66. The van der Waals surface area contributed by atoms with E-state index in [4.69, 9.17) is 4.42 Å². The predicted octanol–water partition coefficient (Wildman–Crippen LogP) is 4.87. The summed E-state index contributed by atoms with van der Waals surface area (Å²) in [6, 6.07) is 8.69. The molecular formula is C19H27NO. The second-order valence-corrected chi connectivity index (χ2v) is 7.47. The third-order valence-corrected chi connectivity index (χ3v) is 5.13. The molecule has 0 bridgehead atoms. The van der Waals surface area contributed by atoms with Gasteiger partial charge < -0.3 is 9.73 Å². The zero-order valence-corrected chi connectivity index (χ0v) is 13.7.